The fourth-order valence-corrected chi connectivity index (χ4v) is 5.82. The van der Waals surface area contributed by atoms with Gasteiger partial charge in [0.15, 0.2) is 0 Å². The molecule has 0 spiro atoms. The Labute approximate surface area is 176 Å². The lowest BCUT2D eigenvalue weighted by atomic mass is 9.79. The smallest absolute Gasteiger partial charge is 0.240 e. The first kappa shape index (κ1) is 22.1. The second-order valence-corrected chi connectivity index (χ2v) is 10.6. The SMILES string of the molecule is O=S(=O)(NCCC1CCC(CCN2CCCCC2)CC1)c1ccc(CCl)cc1. The highest BCUT2D eigenvalue weighted by Crippen LogP contribution is 2.32. The minimum Gasteiger partial charge on any atom is -0.303 e. The van der Waals surface area contributed by atoms with E-state index in [4.69, 9.17) is 11.6 Å². The standard InChI is InChI=1S/C22H35ClN2O2S/c23-18-21-8-10-22(11-9-21)28(26,27)24-14-12-19-4-6-20(7-5-19)13-17-25-15-2-1-3-16-25/h8-11,19-20,24H,1-7,12-18H2. The molecule has 1 aromatic carbocycles. The van der Waals surface area contributed by atoms with Gasteiger partial charge in [0.2, 0.25) is 10.0 Å². The molecule has 1 aromatic rings. The van der Waals surface area contributed by atoms with E-state index in [0.29, 0.717) is 23.2 Å². The highest BCUT2D eigenvalue weighted by atomic mass is 35.5. The molecule has 2 fully saturated rings. The number of rotatable bonds is 9. The Balaban J connectivity index is 1.33. The zero-order valence-electron chi connectivity index (χ0n) is 16.9. The molecular formula is C22H35ClN2O2S. The first-order valence-electron chi connectivity index (χ1n) is 10.9. The molecule has 4 nitrogen and oxygen atoms in total. The third-order valence-electron chi connectivity index (χ3n) is 6.50. The van der Waals surface area contributed by atoms with E-state index in [1.165, 1.54) is 71.0 Å². The first-order valence-corrected chi connectivity index (χ1v) is 13.0. The van der Waals surface area contributed by atoms with Gasteiger partial charge >= 0.3 is 0 Å². The normalized spacial score (nSPS) is 24.3. The summed E-state index contributed by atoms with van der Waals surface area (Å²) in [5.74, 6) is 1.93. The van der Waals surface area contributed by atoms with Crippen molar-refractivity contribution >= 4 is 21.6 Å². The van der Waals surface area contributed by atoms with Crippen LogP contribution in [0.4, 0.5) is 0 Å². The Kier molecular flexibility index (Phi) is 8.64. The maximum Gasteiger partial charge on any atom is 0.240 e. The second kappa shape index (κ2) is 11.0. The summed E-state index contributed by atoms with van der Waals surface area (Å²) in [6.45, 7) is 4.40. The largest absolute Gasteiger partial charge is 0.303 e. The van der Waals surface area contributed by atoms with Crippen molar-refractivity contribution in [1.29, 1.82) is 0 Å². The molecule has 0 unspecified atom stereocenters. The molecule has 6 heteroatoms. The van der Waals surface area contributed by atoms with Crippen LogP contribution in [0.3, 0.4) is 0 Å². The van der Waals surface area contributed by atoms with E-state index in [-0.39, 0.29) is 0 Å². The Morgan fingerprint density at radius 3 is 2.14 bits per heavy atom. The van der Waals surface area contributed by atoms with Crippen molar-refractivity contribution in [2.24, 2.45) is 11.8 Å². The lowest BCUT2D eigenvalue weighted by molar-refractivity contribution is 0.187. The van der Waals surface area contributed by atoms with Crippen LogP contribution in [0, 0.1) is 11.8 Å². The third kappa shape index (κ3) is 6.72. The molecule has 28 heavy (non-hydrogen) atoms. The fourth-order valence-electron chi connectivity index (χ4n) is 4.60. The fraction of sp³-hybridized carbons (Fsp3) is 0.727. The van der Waals surface area contributed by atoms with Crippen molar-refractivity contribution in [2.75, 3.05) is 26.2 Å². The second-order valence-electron chi connectivity index (χ2n) is 8.54. The highest BCUT2D eigenvalue weighted by Gasteiger charge is 2.22. The van der Waals surface area contributed by atoms with Crippen molar-refractivity contribution in [3.63, 3.8) is 0 Å². The Bertz CT molecular complexity index is 679. The van der Waals surface area contributed by atoms with Gasteiger partial charge in [0, 0.05) is 12.4 Å². The zero-order chi connectivity index (χ0) is 19.8. The summed E-state index contributed by atoms with van der Waals surface area (Å²) in [4.78, 5) is 2.96. The van der Waals surface area contributed by atoms with Crippen LogP contribution in [0.5, 0.6) is 0 Å². The number of hydrogen-bond donors (Lipinski definition) is 1. The molecule has 0 aromatic heterocycles. The van der Waals surface area contributed by atoms with Gasteiger partial charge in [-0.15, -0.1) is 11.6 Å². The van der Waals surface area contributed by atoms with Gasteiger partial charge in [-0.3, -0.25) is 0 Å². The summed E-state index contributed by atoms with van der Waals surface area (Å²) in [5.41, 5.74) is 0.928. The van der Waals surface area contributed by atoms with Crippen LogP contribution in [0.25, 0.3) is 0 Å². The summed E-state index contributed by atoms with van der Waals surface area (Å²) in [6.07, 6.45) is 11.6. The van der Waals surface area contributed by atoms with E-state index >= 15 is 0 Å². The third-order valence-corrected chi connectivity index (χ3v) is 8.29. The van der Waals surface area contributed by atoms with Crippen LogP contribution in [0.2, 0.25) is 0 Å². The highest BCUT2D eigenvalue weighted by molar-refractivity contribution is 7.89. The quantitative estimate of drug-likeness (QED) is 0.578. The van der Waals surface area contributed by atoms with E-state index in [0.717, 1.165) is 17.9 Å². The van der Waals surface area contributed by atoms with Crippen LogP contribution in [0.1, 0.15) is 63.4 Å². The van der Waals surface area contributed by atoms with Crippen LogP contribution in [-0.4, -0.2) is 39.5 Å². The minimum absolute atomic E-state index is 0.322. The topological polar surface area (TPSA) is 49.4 Å². The molecular weight excluding hydrogens is 392 g/mol. The number of benzene rings is 1. The molecule has 1 N–H and O–H groups in total. The van der Waals surface area contributed by atoms with E-state index in [2.05, 4.69) is 9.62 Å². The van der Waals surface area contributed by atoms with Crippen LogP contribution >= 0.6 is 11.6 Å². The van der Waals surface area contributed by atoms with Gasteiger partial charge in [-0.1, -0.05) is 44.2 Å². The molecule has 0 radical (unpaired) electrons. The van der Waals surface area contributed by atoms with Gasteiger partial charge in [-0.2, -0.15) is 0 Å². The molecule has 3 rings (SSSR count). The predicted molar refractivity (Wildman–Crippen MR) is 116 cm³/mol. The van der Waals surface area contributed by atoms with Crippen molar-refractivity contribution in [3.8, 4) is 0 Å². The van der Waals surface area contributed by atoms with E-state index < -0.39 is 10.0 Å². The van der Waals surface area contributed by atoms with E-state index in [1.54, 1.807) is 24.3 Å². The number of nitrogens with zero attached hydrogens (tertiary/aromatic N) is 1. The molecule has 1 aliphatic carbocycles. The van der Waals surface area contributed by atoms with Crippen molar-refractivity contribution in [3.05, 3.63) is 29.8 Å². The zero-order valence-corrected chi connectivity index (χ0v) is 18.5. The summed E-state index contributed by atoms with van der Waals surface area (Å²) in [6, 6.07) is 6.81. The maximum atomic E-state index is 12.4. The van der Waals surface area contributed by atoms with Crippen molar-refractivity contribution in [2.45, 2.75) is 68.6 Å². The van der Waals surface area contributed by atoms with Gasteiger partial charge in [0.25, 0.3) is 0 Å². The Hall–Kier alpha value is -0.620. The Morgan fingerprint density at radius 2 is 1.54 bits per heavy atom. The van der Waals surface area contributed by atoms with Crippen LogP contribution < -0.4 is 4.72 Å². The molecule has 158 valence electrons. The number of hydrogen-bond acceptors (Lipinski definition) is 3. The minimum atomic E-state index is -3.42. The van der Waals surface area contributed by atoms with Gasteiger partial charge in [-0.25, -0.2) is 13.1 Å². The summed E-state index contributed by atoms with van der Waals surface area (Å²) >= 11 is 5.77. The molecule has 0 atom stereocenters. The molecule has 0 bridgehead atoms. The van der Waals surface area contributed by atoms with Crippen LogP contribution in [-0.2, 0) is 15.9 Å². The Morgan fingerprint density at radius 1 is 0.929 bits per heavy atom. The number of nitrogens with one attached hydrogen (secondary N) is 1. The first-order chi connectivity index (χ1) is 13.6. The molecule has 1 saturated heterocycles. The average molecular weight is 427 g/mol. The molecule has 2 aliphatic rings. The lowest BCUT2D eigenvalue weighted by Gasteiger charge is -2.32. The lowest BCUT2D eigenvalue weighted by Crippen LogP contribution is -2.32. The van der Waals surface area contributed by atoms with Gasteiger partial charge < -0.3 is 4.90 Å². The average Bonchev–Trinajstić information content (AvgIpc) is 2.74. The molecule has 1 heterocycles. The number of likely N-dealkylation sites (tertiary alicyclic amines) is 1. The molecule has 1 aliphatic heterocycles. The summed E-state index contributed by atoms with van der Waals surface area (Å²) < 4.78 is 27.6. The predicted octanol–water partition coefficient (Wildman–Crippen LogP) is 4.78. The number of halogens is 1. The monoisotopic (exact) mass is 426 g/mol. The number of piperidine rings is 1. The van der Waals surface area contributed by atoms with Gasteiger partial charge in [0.05, 0.1) is 4.90 Å². The van der Waals surface area contributed by atoms with E-state index in [1.807, 2.05) is 0 Å². The van der Waals surface area contributed by atoms with Crippen molar-refractivity contribution < 1.29 is 8.42 Å². The summed E-state index contributed by atoms with van der Waals surface area (Å²) in [7, 11) is -3.42. The number of alkyl halides is 1. The van der Waals surface area contributed by atoms with Gasteiger partial charge in [0.1, 0.15) is 0 Å². The molecule has 0 amide bonds. The van der Waals surface area contributed by atoms with Crippen LogP contribution in [0.15, 0.2) is 29.2 Å². The number of sulfonamides is 1. The molecule has 1 saturated carbocycles. The van der Waals surface area contributed by atoms with E-state index in [9.17, 15) is 8.42 Å². The van der Waals surface area contributed by atoms with Crippen molar-refractivity contribution in [1.82, 2.24) is 9.62 Å². The maximum absolute atomic E-state index is 12.4. The van der Waals surface area contributed by atoms with Gasteiger partial charge in [-0.05, 0) is 74.8 Å². The summed E-state index contributed by atoms with van der Waals surface area (Å²) in [5, 5.41) is 0.